The second-order valence-corrected chi connectivity index (χ2v) is 4.64. The zero-order valence-corrected chi connectivity index (χ0v) is 11.1. The quantitative estimate of drug-likeness (QED) is 0.881. The van der Waals surface area contributed by atoms with Gasteiger partial charge in [0, 0.05) is 12.3 Å². The van der Waals surface area contributed by atoms with Gasteiger partial charge in [0.2, 0.25) is 0 Å². The number of nitrogens with zero attached hydrogens (tertiary/aromatic N) is 2. The van der Waals surface area contributed by atoms with E-state index in [1.165, 1.54) is 5.56 Å². The zero-order chi connectivity index (χ0) is 13.0. The Labute approximate surface area is 107 Å². The molecule has 1 aromatic carbocycles. The molecule has 0 aliphatic rings. The Balaban J connectivity index is 1.93. The van der Waals surface area contributed by atoms with Gasteiger partial charge < -0.3 is 4.74 Å². The van der Waals surface area contributed by atoms with E-state index in [0.29, 0.717) is 5.92 Å². The highest BCUT2D eigenvalue weighted by Crippen LogP contribution is 2.13. The number of aromatic amines is 1. The van der Waals surface area contributed by atoms with Crippen molar-refractivity contribution in [3.8, 4) is 5.75 Å². The predicted octanol–water partition coefficient (Wildman–Crippen LogP) is 2.72. The summed E-state index contributed by atoms with van der Waals surface area (Å²) in [4.78, 5) is 4.47. The van der Waals surface area contributed by atoms with Crippen molar-refractivity contribution in [1.29, 1.82) is 0 Å². The maximum absolute atomic E-state index is 5.13. The van der Waals surface area contributed by atoms with E-state index in [4.69, 9.17) is 4.74 Å². The number of hydrogen-bond acceptors (Lipinski definition) is 3. The highest BCUT2D eigenvalue weighted by Gasteiger charge is 2.06. The van der Waals surface area contributed by atoms with Gasteiger partial charge in [-0.1, -0.05) is 26.0 Å². The summed E-state index contributed by atoms with van der Waals surface area (Å²) in [7, 11) is 1.68. The molecular formula is C14H19N3O. The average molecular weight is 245 g/mol. The zero-order valence-electron chi connectivity index (χ0n) is 11.1. The summed E-state index contributed by atoms with van der Waals surface area (Å²) in [6.07, 6.45) is 1.84. The number of nitrogens with one attached hydrogen (secondary N) is 1. The minimum atomic E-state index is 0.371. The molecule has 1 N–H and O–H groups in total. The molecule has 0 fully saturated rings. The van der Waals surface area contributed by atoms with E-state index in [1.807, 2.05) is 12.1 Å². The molecule has 96 valence electrons. The third-order valence-corrected chi connectivity index (χ3v) is 2.87. The third-order valence-electron chi connectivity index (χ3n) is 2.87. The number of aryl methyl sites for hydroxylation is 2. The maximum Gasteiger partial charge on any atom is 0.153 e. The average Bonchev–Trinajstić information content (AvgIpc) is 2.86. The fourth-order valence-corrected chi connectivity index (χ4v) is 1.74. The lowest BCUT2D eigenvalue weighted by atomic mass is 10.1. The Morgan fingerprint density at radius 1 is 1.17 bits per heavy atom. The van der Waals surface area contributed by atoms with Gasteiger partial charge in [0.25, 0.3) is 0 Å². The van der Waals surface area contributed by atoms with E-state index in [0.717, 1.165) is 30.2 Å². The smallest absolute Gasteiger partial charge is 0.153 e. The van der Waals surface area contributed by atoms with Crippen molar-refractivity contribution in [3.05, 3.63) is 41.5 Å². The second kappa shape index (κ2) is 5.67. The number of hydrogen-bond donors (Lipinski definition) is 1. The lowest BCUT2D eigenvalue weighted by molar-refractivity contribution is 0.414. The van der Waals surface area contributed by atoms with E-state index >= 15 is 0 Å². The molecule has 0 amide bonds. The lowest BCUT2D eigenvalue weighted by Crippen LogP contribution is -1.95. The molecule has 4 heteroatoms. The van der Waals surface area contributed by atoms with E-state index < -0.39 is 0 Å². The number of H-pyrrole nitrogens is 1. The first-order valence-corrected chi connectivity index (χ1v) is 6.23. The van der Waals surface area contributed by atoms with Gasteiger partial charge in [-0.2, -0.15) is 5.10 Å². The first kappa shape index (κ1) is 12.6. The molecule has 0 spiro atoms. The summed E-state index contributed by atoms with van der Waals surface area (Å²) in [6.45, 7) is 4.19. The number of benzene rings is 1. The van der Waals surface area contributed by atoms with Crippen LogP contribution in [0.4, 0.5) is 0 Å². The Hall–Kier alpha value is -1.84. The highest BCUT2D eigenvalue weighted by molar-refractivity contribution is 5.27. The van der Waals surface area contributed by atoms with E-state index in [1.54, 1.807) is 7.11 Å². The van der Waals surface area contributed by atoms with Gasteiger partial charge >= 0.3 is 0 Å². The monoisotopic (exact) mass is 245 g/mol. The van der Waals surface area contributed by atoms with Gasteiger partial charge in [0.15, 0.2) is 5.82 Å². The summed E-state index contributed by atoms with van der Waals surface area (Å²) >= 11 is 0. The van der Waals surface area contributed by atoms with Gasteiger partial charge in [-0.3, -0.25) is 5.10 Å². The minimum absolute atomic E-state index is 0.371. The van der Waals surface area contributed by atoms with Crippen LogP contribution in [0.15, 0.2) is 24.3 Å². The maximum atomic E-state index is 5.13. The van der Waals surface area contributed by atoms with Crippen LogP contribution in [0.1, 0.15) is 37.0 Å². The Bertz CT molecular complexity index is 488. The predicted molar refractivity (Wildman–Crippen MR) is 70.9 cm³/mol. The molecular weight excluding hydrogens is 226 g/mol. The SMILES string of the molecule is COc1ccc(CCc2nc(C(C)C)n[nH]2)cc1. The number of aromatic nitrogens is 3. The normalized spacial score (nSPS) is 10.9. The van der Waals surface area contributed by atoms with Gasteiger partial charge in [-0.15, -0.1) is 0 Å². The van der Waals surface area contributed by atoms with E-state index in [2.05, 4.69) is 41.2 Å². The number of rotatable bonds is 5. The van der Waals surface area contributed by atoms with E-state index in [9.17, 15) is 0 Å². The lowest BCUT2D eigenvalue weighted by Gasteiger charge is -2.02. The second-order valence-electron chi connectivity index (χ2n) is 4.64. The molecule has 1 heterocycles. The third kappa shape index (κ3) is 3.09. The molecule has 0 saturated heterocycles. The van der Waals surface area contributed by atoms with Crippen LogP contribution in [0.5, 0.6) is 5.75 Å². The van der Waals surface area contributed by atoms with Crippen LogP contribution in [0.2, 0.25) is 0 Å². The van der Waals surface area contributed by atoms with Crippen molar-refractivity contribution in [2.75, 3.05) is 7.11 Å². The van der Waals surface area contributed by atoms with Crippen LogP contribution in [0.25, 0.3) is 0 Å². The van der Waals surface area contributed by atoms with Gasteiger partial charge in [0.05, 0.1) is 7.11 Å². The molecule has 0 bridgehead atoms. The van der Waals surface area contributed by atoms with Crippen LogP contribution in [0, 0.1) is 0 Å². The Morgan fingerprint density at radius 2 is 1.89 bits per heavy atom. The van der Waals surface area contributed by atoms with Crippen LogP contribution in [-0.2, 0) is 12.8 Å². The highest BCUT2D eigenvalue weighted by atomic mass is 16.5. The summed E-state index contributed by atoms with van der Waals surface area (Å²) in [5, 5.41) is 7.19. The molecule has 18 heavy (non-hydrogen) atoms. The summed E-state index contributed by atoms with van der Waals surface area (Å²) in [5.74, 6) is 3.10. The standard InChI is InChI=1S/C14H19N3O/c1-10(2)14-15-13(16-17-14)9-6-11-4-7-12(18-3)8-5-11/h4-5,7-8,10H,6,9H2,1-3H3,(H,15,16,17). The molecule has 0 atom stereocenters. The molecule has 1 aromatic heterocycles. The van der Waals surface area contributed by atoms with Crippen molar-refractivity contribution in [2.24, 2.45) is 0 Å². The number of ether oxygens (including phenoxy) is 1. The van der Waals surface area contributed by atoms with Crippen molar-refractivity contribution in [3.63, 3.8) is 0 Å². The largest absolute Gasteiger partial charge is 0.497 e. The van der Waals surface area contributed by atoms with Crippen LogP contribution in [0.3, 0.4) is 0 Å². The Kier molecular flexibility index (Phi) is 3.97. The van der Waals surface area contributed by atoms with Crippen molar-refractivity contribution in [2.45, 2.75) is 32.6 Å². The summed E-state index contributed by atoms with van der Waals surface area (Å²) < 4.78 is 5.13. The van der Waals surface area contributed by atoms with Gasteiger partial charge in [-0.05, 0) is 24.1 Å². The van der Waals surface area contributed by atoms with Crippen LogP contribution in [-0.4, -0.2) is 22.3 Å². The molecule has 4 nitrogen and oxygen atoms in total. The van der Waals surface area contributed by atoms with Gasteiger partial charge in [0.1, 0.15) is 11.6 Å². The first-order chi connectivity index (χ1) is 8.69. The summed E-state index contributed by atoms with van der Waals surface area (Å²) in [5.41, 5.74) is 1.28. The molecule has 0 aliphatic heterocycles. The van der Waals surface area contributed by atoms with Crippen molar-refractivity contribution < 1.29 is 4.74 Å². The van der Waals surface area contributed by atoms with Crippen LogP contribution < -0.4 is 4.74 Å². The molecule has 2 aromatic rings. The Morgan fingerprint density at radius 3 is 2.44 bits per heavy atom. The minimum Gasteiger partial charge on any atom is -0.497 e. The van der Waals surface area contributed by atoms with Crippen molar-refractivity contribution in [1.82, 2.24) is 15.2 Å². The number of methoxy groups -OCH3 is 1. The van der Waals surface area contributed by atoms with Crippen molar-refractivity contribution >= 4 is 0 Å². The molecule has 0 radical (unpaired) electrons. The molecule has 2 rings (SSSR count). The van der Waals surface area contributed by atoms with Gasteiger partial charge in [-0.25, -0.2) is 4.98 Å². The first-order valence-electron chi connectivity index (χ1n) is 6.23. The van der Waals surface area contributed by atoms with E-state index in [-0.39, 0.29) is 0 Å². The molecule has 0 unspecified atom stereocenters. The summed E-state index contributed by atoms with van der Waals surface area (Å²) in [6, 6.07) is 8.13. The molecule has 0 aliphatic carbocycles. The topological polar surface area (TPSA) is 50.8 Å². The molecule has 0 saturated carbocycles. The van der Waals surface area contributed by atoms with Crippen LogP contribution >= 0.6 is 0 Å². The fraction of sp³-hybridized carbons (Fsp3) is 0.429. The fourth-order valence-electron chi connectivity index (χ4n) is 1.74.